The van der Waals surface area contributed by atoms with E-state index in [2.05, 4.69) is 25.6 Å². The summed E-state index contributed by atoms with van der Waals surface area (Å²) in [5.74, 6) is 0.581. The van der Waals surface area contributed by atoms with Crippen molar-refractivity contribution in [3.05, 3.63) is 24.0 Å². The molecule has 0 bridgehead atoms. The highest BCUT2D eigenvalue weighted by atomic mass is 15.4. The zero-order valence-corrected chi connectivity index (χ0v) is 9.85. The molecule has 8 heteroatoms. The number of rotatable bonds is 3. The van der Waals surface area contributed by atoms with Gasteiger partial charge in [-0.1, -0.05) is 5.21 Å². The normalized spacial score (nSPS) is 11.2. The molecular formula is C10H12N8. The highest BCUT2D eigenvalue weighted by molar-refractivity contribution is 5.52. The van der Waals surface area contributed by atoms with E-state index in [-0.39, 0.29) is 0 Å². The van der Waals surface area contributed by atoms with Crippen molar-refractivity contribution in [2.75, 3.05) is 6.54 Å². The van der Waals surface area contributed by atoms with Gasteiger partial charge in [-0.15, -0.1) is 15.3 Å². The molecule has 0 spiro atoms. The fraction of sp³-hybridized carbons (Fsp3) is 0.300. The Morgan fingerprint density at radius 2 is 2.11 bits per heavy atom. The van der Waals surface area contributed by atoms with Crippen LogP contribution in [0.4, 0.5) is 0 Å². The standard InChI is InChI=1S/C10H12N8/c1-7-2-3-9-13-14-10(18(9)15-7)8-6-17(5-4-11)16-12-8/h2-3,6H,4-5,11H2,1H3. The number of nitrogens with two attached hydrogens (primary N) is 1. The topological polar surface area (TPSA) is 99.8 Å². The number of fused-ring (bicyclic) bond motifs is 1. The molecule has 0 amide bonds. The maximum Gasteiger partial charge on any atom is 0.207 e. The molecule has 3 rings (SSSR count). The van der Waals surface area contributed by atoms with Crippen LogP contribution in [0.15, 0.2) is 18.3 Å². The predicted molar refractivity (Wildman–Crippen MR) is 63.6 cm³/mol. The molecule has 0 aliphatic rings. The van der Waals surface area contributed by atoms with E-state index in [4.69, 9.17) is 5.73 Å². The zero-order valence-electron chi connectivity index (χ0n) is 9.85. The molecule has 8 nitrogen and oxygen atoms in total. The number of aromatic nitrogens is 7. The van der Waals surface area contributed by atoms with Gasteiger partial charge < -0.3 is 5.73 Å². The van der Waals surface area contributed by atoms with Crippen molar-refractivity contribution in [3.63, 3.8) is 0 Å². The Morgan fingerprint density at radius 3 is 2.94 bits per heavy atom. The molecule has 0 saturated heterocycles. The van der Waals surface area contributed by atoms with Crippen LogP contribution < -0.4 is 5.73 Å². The number of aryl methyl sites for hydroxylation is 1. The van der Waals surface area contributed by atoms with Gasteiger partial charge >= 0.3 is 0 Å². The van der Waals surface area contributed by atoms with Crippen LogP contribution in [-0.4, -0.2) is 41.4 Å². The second-order valence-electron chi connectivity index (χ2n) is 3.92. The third-order valence-corrected chi connectivity index (χ3v) is 2.52. The maximum atomic E-state index is 5.46. The molecule has 92 valence electrons. The summed E-state index contributed by atoms with van der Waals surface area (Å²) >= 11 is 0. The zero-order chi connectivity index (χ0) is 12.5. The lowest BCUT2D eigenvalue weighted by Gasteiger charge is -1.96. The summed E-state index contributed by atoms with van der Waals surface area (Å²) < 4.78 is 3.33. The van der Waals surface area contributed by atoms with Gasteiger partial charge in [0.25, 0.3) is 0 Å². The van der Waals surface area contributed by atoms with Gasteiger partial charge in [-0.2, -0.15) is 9.61 Å². The minimum Gasteiger partial charge on any atom is -0.329 e. The van der Waals surface area contributed by atoms with Crippen molar-refractivity contribution in [2.24, 2.45) is 5.73 Å². The van der Waals surface area contributed by atoms with Crippen LogP contribution in [0.25, 0.3) is 17.2 Å². The van der Waals surface area contributed by atoms with Crippen molar-refractivity contribution >= 4 is 5.65 Å². The molecule has 18 heavy (non-hydrogen) atoms. The summed E-state index contributed by atoms with van der Waals surface area (Å²) in [5.41, 5.74) is 7.67. The Morgan fingerprint density at radius 1 is 1.22 bits per heavy atom. The van der Waals surface area contributed by atoms with E-state index >= 15 is 0 Å². The van der Waals surface area contributed by atoms with Crippen molar-refractivity contribution in [2.45, 2.75) is 13.5 Å². The number of hydrogen-bond acceptors (Lipinski definition) is 6. The fourth-order valence-corrected chi connectivity index (χ4v) is 1.68. The van der Waals surface area contributed by atoms with Gasteiger partial charge in [-0.3, -0.25) is 4.68 Å². The molecule has 0 fully saturated rings. The van der Waals surface area contributed by atoms with E-state index in [1.165, 1.54) is 0 Å². The minimum atomic E-state index is 0.515. The molecule has 3 aromatic rings. The lowest BCUT2D eigenvalue weighted by atomic mass is 10.4. The lowest BCUT2D eigenvalue weighted by Crippen LogP contribution is -2.10. The molecule has 0 atom stereocenters. The fourth-order valence-electron chi connectivity index (χ4n) is 1.68. The van der Waals surface area contributed by atoms with E-state index in [0.29, 0.717) is 30.3 Å². The van der Waals surface area contributed by atoms with Gasteiger partial charge in [0.2, 0.25) is 5.82 Å². The van der Waals surface area contributed by atoms with E-state index < -0.39 is 0 Å². The van der Waals surface area contributed by atoms with Gasteiger partial charge in [0, 0.05) is 6.54 Å². The van der Waals surface area contributed by atoms with Gasteiger partial charge in [0.05, 0.1) is 18.4 Å². The molecule has 2 N–H and O–H groups in total. The average Bonchev–Trinajstić information content (AvgIpc) is 2.95. The van der Waals surface area contributed by atoms with Gasteiger partial charge in [-0.05, 0) is 19.1 Å². The minimum absolute atomic E-state index is 0.515. The molecule has 0 aliphatic carbocycles. The number of nitrogens with zero attached hydrogens (tertiary/aromatic N) is 7. The van der Waals surface area contributed by atoms with Crippen molar-refractivity contribution < 1.29 is 0 Å². The molecule has 0 aliphatic heterocycles. The first-order valence-corrected chi connectivity index (χ1v) is 5.57. The largest absolute Gasteiger partial charge is 0.329 e. The Labute approximate surface area is 102 Å². The SMILES string of the molecule is Cc1ccc2nnc(-c3cn(CCN)nn3)n2n1. The summed E-state index contributed by atoms with van der Waals surface area (Å²) in [4.78, 5) is 0. The third-order valence-electron chi connectivity index (χ3n) is 2.52. The van der Waals surface area contributed by atoms with E-state index in [0.717, 1.165) is 5.69 Å². The smallest absolute Gasteiger partial charge is 0.207 e. The lowest BCUT2D eigenvalue weighted by molar-refractivity contribution is 0.598. The van der Waals surface area contributed by atoms with Crippen LogP contribution >= 0.6 is 0 Å². The van der Waals surface area contributed by atoms with E-state index in [1.807, 2.05) is 19.1 Å². The van der Waals surface area contributed by atoms with Crippen LogP contribution in [-0.2, 0) is 6.54 Å². The van der Waals surface area contributed by atoms with Crippen LogP contribution in [0, 0.1) is 6.92 Å². The van der Waals surface area contributed by atoms with Crippen molar-refractivity contribution in [1.29, 1.82) is 0 Å². The predicted octanol–water partition coefficient (Wildman–Crippen LogP) is -0.350. The van der Waals surface area contributed by atoms with Gasteiger partial charge in [-0.25, -0.2) is 0 Å². The Bertz CT molecular complexity index is 682. The van der Waals surface area contributed by atoms with Crippen LogP contribution in [0.5, 0.6) is 0 Å². The summed E-state index contributed by atoms with van der Waals surface area (Å²) in [5, 5.41) is 20.5. The summed E-state index contributed by atoms with van der Waals surface area (Å²) in [6, 6.07) is 3.75. The Hall–Kier alpha value is -2.35. The average molecular weight is 244 g/mol. The molecule has 3 aromatic heterocycles. The van der Waals surface area contributed by atoms with Gasteiger partial charge in [0.15, 0.2) is 11.3 Å². The van der Waals surface area contributed by atoms with Crippen LogP contribution in [0.1, 0.15) is 5.69 Å². The third kappa shape index (κ3) is 1.72. The highest BCUT2D eigenvalue weighted by Crippen LogP contribution is 2.14. The second-order valence-corrected chi connectivity index (χ2v) is 3.92. The first-order chi connectivity index (χ1) is 8.78. The summed E-state index contributed by atoms with van der Waals surface area (Å²) in [6.07, 6.45) is 1.79. The Balaban J connectivity index is 2.09. The molecular weight excluding hydrogens is 232 g/mol. The summed E-state index contributed by atoms with van der Waals surface area (Å²) in [7, 11) is 0. The van der Waals surface area contributed by atoms with Crippen molar-refractivity contribution in [3.8, 4) is 11.5 Å². The van der Waals surface area contributed by atoms with Crippen molar-refractivity contribution in [1.82, 2.24) is 34.8 Å². The summed E-state index contributed by atoms with van der Waals surface area (Å²) in [6.45, 7) is 3.05. The quantitative estimate of drug-likeness (QED) is 0.676. The second kappa shape index (κ2) is 4.15. The molecule has 0 radical (unpaired) electrons. The number of hydrogen-bond donors (Lipinski definition) is 1. The monoisotopic (exact) mass is 244 g/mol. The first kappa shape index (κ1) is 10.8. The van der Waals surface area contributed by atoms with E-state index in [9.17, 15) is 0 Å². The van der Waals surface area contributed by atoms with E-state index in [1.54, 1.807) is 15.4 Å². The molecule has 0 aromatic carbocycles. The molecule has 3 heterocycles. The first-order valence-electron chi connectivity index (χ1n) is 5.57. The van der Waals surface area contributed by atoms with Gasteiger partial charge in [0.1, 0.15) is 0 Å². The Kier molecular flexibility index (Phi) is 2.49. The maximum absolute atomic E-state index is 5.46. The highest BCUT2D eigenvalue weighted by Gasteiger charge is 2.12. The van der Waals surface area contributed by atoms with Crippen LogP contribution in [0.3, 0.4) is 0 Å². The molecule has 0 unspecified atom stereocenters. The molecule has 0 saturated carbocycles. The van der Waals surface area contributed by atoms with Crippen LogP contribution in [0.2, 0.25) is 0 Å².